The van der Waals surface area contributed by atoms with Crippen LogP contribution in [-0.2, 0) is 9.59 Å². The molecular weight excluding hydrogens is 196 g/mol. The summed E-state index contributed by atoms with van der Waals surface area (Å²) in [4.78, 5) is 22.5. The minimum atomic E-state index is -0.799. The summed E-state index contributed by atoms with van der Waals surface area (Å²) in [5.41, 5.74) is -1.48. The summed E-state index contributed by atoms with van der Waals surface area (Å²) < 4.78 is 0. The SMILES string of the molecule is O=C(O)C12CCCC(C(=O)O)(CCC1)C2. The Morgan fingerprint density at radius 3 is 1.40 bits per heavy atom. The van der Waals surface area contributed by atoms with E-state index in [-0.39, 0.29) is 0 Å². The van der Waals surface area contributed by atoms with Crippen LogP contribution in [0.15, 0.2) is 0 Å². The first-order valence-electron chi connectivity index (χ1n) is 5.48. The first kappa shape index (κ1) is 10.5. The molecule has 4 nitrogen and oxygen atoms in total. The molecule has 2 N–H and O–H groups in total. The third kappa shape index (κ3) is 1.43. The average molecular weight is 212 g/mol. The van der Waals surface area contributed by atoms with E-state index in [1.165, 1.54) is 0 Å². The second-order valence-electron chi connectivity index (χ2n) is 5.05. The summed E-state index contributed by atoms with van der Waals surface area (Å²) in [6.45, 7) is 0. The number of carboxylic acids is 2. The molecule has 4 heteroatoms. The number of carboxylic acid groups (broad SMARTS) is 2. The van der Waals surface area contributed by atoms with Gasteiger partial charge in [0.2, 0.25) is 0 Å². The molecule has 2 aliphatic rings. The Bertz CT molecular complexity index is 270. The fourth-order valence-electron chi connectivity index (χ4n) is 3.36. The van der Waals surface area contributed by atoms with Gasteiger partial charge in [-0.3, -0.25) is 9.59 Å². The quantitative estimate of drug-likeness (QED) is 0.733. The van der Waals surface area contributed by atoms with Crippen LogP contribution >= 0.6 is 0 Å². The van der Waals surface area contributed by atoms with Gasteiger partial charge >= 0.3 is 11.9 Å². The Labute approximate surface area is 88.3 Å². The van der Waals surface area contributed by atoms with Gasteiger partial charge in [-0.15, -0.1) is 0 Å². The number of hydrogen-bond acceptors (Lipinski definition) is 2. The third-order valence-electron chi connectivity index (χ3n) is 4.21. The van der Waals surface area contributed by atoms with E-state index >= 15 is 0 Å². The van der Waals surface area contributed by atoms with Gasteiger partial charge in [0.25, 0.3) is 0 Å². The number of aliphatic carboxylic acids is 2. The molecule has 0 heterocycles. The summed E-state index contributed by atoms with van der Waals surface area (Å²) in [7, 11) is 0. The maximum absolute atomic E-state index is 11.3. The zero-order valence-electron chi connectivity index (χ0n) is 8.66. The van der Waals surface area contributed by atoms with Crippen molar-refractivity contribution in [1.82, 2.24) is 0 Å². The smallest absolute Gasteiger partial charge is 0.309 e. The first-order chi connectivity index (χ1) is 7.01. The van der Waals surface area contributed by atoms with Crippen LogP contribution < -0.4 is 0 Å². The second kappa shape index (κ2) is 3.22. The van der Waals surface area contributed by atoms with Crippen molar-refractivity contribution in [3.63, 3.8) is 0 Å². The lowest BCUT2D eigenvalue weighted by molar-refractivity contribution is -0.168. The molecule has 0 atom stereocenters. The summed E-state index contributed by atoms with van der Waals surface area (Å²) >= 11 is 0. The summed E-state index contributed by atoms with van der Waals surface area (Å²) in [5.74, 6) is -1.60. The molecule has 0 spiro atoms. The van der Waals surface area contributed by atoms with Crippen molar-refractivity contribution in [2.75, 3.05) is 0 Å². The topological polar surface area (TPSA) is 74.6 Å². The van der Waals surface area contributed by atoms with Gasteiger partial charge in [0.05, 0.1) is 10.8 Å². The Kier molecular flexibility index (Phi) is 2.24. The monoisotopic (exact) mass is 212 g/mol. The highest BCUT2D eigenvalue weighted by Gasteiger charge is 2.55. The highest BCUT2D eigenvalue weighted by atomic mass is 16.4. The van der Waals surface area contributed by atoms with Crippen LogP contribution in [0.4, 0.5) is 0 Å². The van der Waals surface area contributed by atoms with E-state index in [4.69, 9.17) is 0 Å². The molecule has 0 unspecified atom stereocenters. The fraction of sp³-hybridized carbons (Fsp3) is 0.818. The van der Waals surface area contributed by atoms with Crippen LogP contribution in [0.3, 0.4) is 0 Å². The zero-order chi connectivity index (χ0) is 11.1. The largest absolute Gasteiger partial charge is 0.481 e. The molecule has 84 valence electrons. The molecular formula is C11H16O4. The Morgan fingerprint density at radius 1 is 0.800 bits per heavy atom. The molecule has 0 saturated heterocycles. The number of carbonyl (C=O) groups is 2. The second-order valence-corrected chi connectivity index (χ2v) is 5.05. The van der Waals surface area contributed by atoms with E-state index in [0.717, 1.165) is 12.8 Å². The molecule has 0 aliphatic heterocycles. The summed E-state index contributed by atoms with van der Waals surface area (Å²) in [6, 6.07) is 0. The van der Waals surface area contributed by atoms with Gasteiger partial charge in [0.1, 0.15) is 0 Å². The molecule has 2 bridgehead atoms. The Hall–Kier alpha value is -1.06. The van der Waals surface area contributed by atoms with Crippen molar-refractivity contribution < 1.29 is 19.8 Å². The van der Waals surface area contributed by atoms with Gasteiger partial charge in [-0.25, -0.2) is 0 Å². The molecule has 2 saturated carbocycles. The average Bonchev–Trinajstić information content (AvgIpc) is 2.17. The van der Waals surface area contributed by atoms with Crippen LogP contribution in [0.25, 0.3) is 0 Å². The molecule has 0 aromatic rings. The van der Waals surface area contributed by atoms with E-state index in [0.29, 0.717) is 32.1 Å². The van der Waals surface area contributed by atoms with Crippen LogP contribution in [0.2, 0.25) is 0 Å². The fourth-order valence-corrected chi connectivity index (χ4v) is 3.36. The van der Waals surface area contributed by atoms with Crippen LogP contribution in [0.5, 0.6) is 0 Å². The van der Waals surface area contributed by atoms with Crippen LogP contribution in [0, 0.1) is 10.8 Å². The summed E-state index contributed by atoms with van der Waals surface area (Å²) in [5, 5.41) is 18.5. The highest BCUT2D eigenvalue weighted by Crippen LogP contribution is 2.55. The van der Waals surface area contributed by atoms with Crippen molar-refractivity contribution in [1.29, 1.82) is 0 Å². The Balaban J connectivity index is 2.32. The molecule has 2 fully saturated rings. The van der Waals surface area contributed by atoms with Crippen molar-refractivity contribution >= 4 is 11.9 Å². The molecule has 2 rings (SSSR count). The third-order valence-corrected chi connectivity index (χ3v) is 4.21. The van der Waals surface area contributed by atoms with E-state index in [9.17, 15) is 19.8 Å². The van der Waals surface area contributed by atoms with Gasteiger partial charge in [0, 0.05) is 0 Å². The van der Waals surface area contributed by atoms with Crippen LogP contribution in [0.1, 0.15) is 44.9 Å². The van der Waals surface area contributed by atoms with E-state index in [1.54, 1.807) is 0 Å². The van der Waals surface area contributed by atoms with Gasteiger partial charge in [-0.1, -0.05) is 12.8 Å². The lowest BCUT2D eigenvalue weighted by Crippen LogP contribution is -2.48. The minimum absolute atomic E-state index is 0.338. The van der Waals surface area contributed by atoms with E-state index in [1.807, 2.05) is 0 Å². The maximum Gasteiger partial charge on any atom is 0.309 e. The zero-order valence-corrected chi connectivity index (χ0v) is 8.66. The van der Waals surface area contributed by atoms with Gasteiger partial charge < -0.3 is 10.2 Å². The van der Waals surface area contributed by atoms with Crippen molar-refractivity contribution in [3.05, 3.63) is 0 Å². The molecule has 2 aliphatic carbocycles. The molecule has 0 aromatic heterocycles. The number of rotatable bonds is 2. The maximum atomic E-state index is 11.3. The van der Waals surface area contributed by atoms with E-state index < -0.39 is 22.8 Å². The number of fused-ring (bicyclic) bond motifs is 2. The highest BCUT2D eigenvalue weighted by molar-refractivity contribution is 5.80. The summed E-state index contributed by atoms with van der Waals surface area (Å²) in [6.07, 6.45) is 4.41. The van der Waals surface area contributed by atoms with Crippen molar-refractivity contribution in [2.45, 2.75) is 44.9 Å². The molecule has 0 amide bonds. The predicted octanol–water partition coefficient (Wildman–Crippen LogP) is 1.89. The van der Waals surface area contributed by atoms with E-state index in [2.05, 4.69) is 0 Å². The minimum Gasteiger partial charge on any atom is -0.481 e. The standard InChI is InChI=1S/C11H16O4/c12-8(13)10-3-1-4-11(7-10,9(14)15)6-2-5-10/h1-7H2,(H,12,13)(H,14,15). The Morgan fingerprint density at radius 2 is 1.13 bits per heavy atom. The first-order valence-corrected chi connectivity index (χ1v) is 5.48. The van der Waals surface area contributed by atoms with Crippen molar-refractivity contribution in [2.24, 2.45) is 10.8 Å². The number of hydrogen-bond donors (Lipinski definition) is 2. The molecule has 15 heavy (non-hydrogen) atoms. The normalized spacial score (nSPS) is 39.7. The van der Waals surface area contributed by atoms with Crippen molar-refractivity contribution in [3.8, 4) is 0 Å². The predicted molar refractivity (Wildman–Crippen MR) is 52.5 cm³/mol. The molecule has 0 radical (unpaired) electrons. The lowest BCUT2D eigenvalue weighted by Gasteiger charge is -2.47. The van der Waals surface area contributed by atoms with Crippen LogP contribution in [-0.4, -0.2) is 22.2 Å². The lowest BCUT2D eigenvalue weighted by atomic mass is 9.55. The van der Waals surface area contributed by atoms with Gasteiger partial charge in [-0.05, 0) is 32.1 Å². The van der Waals surface area contributed by atoms with Gasteiger partial charge in [0.15, 0.2) is 0 Å². The molecule has 0 aromatic carbocycles. The van der Waals surface area contributed by atoms with Gasteiger partial charge in [-0.2, -0.15) is 0 Å².